The minimum atomic E-state index is -4.44. The van der Waals surface area contributed by atoms with Crippen LogP contribution in [0.25, 0.3) is 0 Å². The molecule has 0 radical (unpaired) electrons. The summed E-state index contributed by atoms with van der Waals surface area (Å²) in [6, 6.07) is 2.49. The molecule has 134 valence electrons. The molecule has 1 saturated heterocycles. The smallest absolute Gasteiger partial charge is 0.369 e. The number of rotatable bonds is 4. The number of aromatic nitrogens is 1. The molecule has 1 fully saturated rings. The number of anilines is 1. The Kier molecular flexibility index (Phi) is 5.69. The van der Waals surface area contributed by atoms with Crippen LogP contribution in [-0.4, -0.2) is 54.1 Å². The maximum absolute atomic E-state index is 12.8. The lowest BCUT2D eigenvalue weighted by Gasteiger charge is -2.38. The predicted molar refractivity (Wildman–Crippen MR) is 85.8 cm³/mol. The molecule has 0 aromatic carbocycles. The van der Waals surface area contributed by atoms with Crippen LogP contribution in [0, 0.1) is 0 Å². The lowest BCUT2D eigenvalue weighted by Crippen LogP contribution is -2.54. The normalized spacial score (nSPS) is 17.9. The van der Waals surface area contributed by atoms with Gasteiger partial charge in [-0.2, -0.15) is 13.2 Å². The van der Waals surface area contributed by atoms with Crippen molar-refractivity contribution in [3.05, 3.63) is 24.0 Å². The van der Waals surface area contributed by atoms with Crippen LogP contribution in [0.15, 0.2) is 18.3 Å². The van der Waals surface area contributed by atoms with Crippen LogP contribution in [0.5, 0.6) is 0 Å². The molecule has 0 saturated carbocycles. The zero-order valence-electron chi connectivity index (χ0n) is 14.1. The van der Waals surface area contributed by atoms with E-state index in [2.05, 4.69) is 10.3 Å². The van der Waals surface area contributed by atoms with Crippen molar-refractivity contribution in [2.75, 3.05) is 31.1 Å². The highest BCUT2D eigenvalue weighted by Gasteiger charge is 2.33. The molecule has 1 aromatic rings. The summed E-state index contributed by atoms with van der Waals surface area (Å²) < 4.78 is 38.3. The summed E-state index contributed by atoms with van der Waals surface area (Å²) in [7, 11) is 0. The van der Waals surface area contributed by atoms with Crippen LogP contribution in [0.2, 0.25) is 0 Å². The Labute approximate surface area is 139 Å². The van der Waals surface area contributed by atoms with Crippen molar-refractivity contribution in [3.8, 4) is 0 Å². The van der Waals surface area contributed by atoms with E-state index in [0.717, 1.165) is 6.07 Å². The van der Waals surface area contributed by atoms with Crippen molar-refractivity contribution in [1.82, 2.24) is 15.2 Å². The van der Waals surface area contributed by atoms with Gasteiger partial charge < -0.3 is 10.2 Å². The molecule has 0 aliphatic carbocycles. The fourth-order valence-electron chi connectivity index (χ4n) is 2.71. The van der Waals surface area contributed by atoms with Gasteiger partial charge in [0.05, 0.1) is 6.04 Å². The number of nitrogens with one attached hydrogen (secondary N) is 1. The number of pyridine rings is 1. The van der Waals surface area contributed by atoms with Gasteiger partial charge in [0, 0.05) is 44.1 Å². The largest absolute Gasteiger partial charge is 0.433 e. The molecule has 8 heteroatoms. The zero-order valence-corrected chi connectivity index (χ0v) is 14.1. The van der Waals surface area contributed by atoms with Gasteiger partial charge >= 0.3 is 6.18 Å². The number of amides is 1. The highest BCUT2D eigenvalue weighted by atomic mass is 19.4. The van der Waals surface area contributed by atoms with E-state index >= 15 is 0 Å². The van der Waals surface area contributed by atoms with E-state index < -0.39 is 11.9 Å². The molecular formula is C16H23F3N4O. The highest BCUT2D eigenvalue weighted by molar-refractivity contribution is 5.81. The van der Waals surface area contributed by atoms with E-state index in [1.807, 2.05) is 30.6 Å². The summed E-state index contributed by atoms with van der Waals surface area (Å²) >= 11 is 0. The fraction of sp³-hybridized carbons (Fsp3) is 0.625. The minimum absolute atomic E-state index is 0.0262. The first-order chi connectivity index (χ1) is 11.2. The Bertz CT molecular complexity index is 569. The van der Waals surface area contributed by atoms with Gasteiger partial charge in [0.1, 0.15) is 5.69 Å². The monoisotopic (exact) mass is 344 g/mol. The van der Waals surface area contributed by atoms with Crippen molar-refractivity contribution in [3.63, 3.8) is 0 Å². The van der Waals surface area contributed by atoms with Crippen molar-refractivity contribution in [2.24, 2.45) is 0 Å². The van der Waals surface area contributed by atoms with E-state index in [4.69, 9.17) is 0 Å². The second-order valence-corrected chi connectivity index (χ2v) is 6.26. The molecule has 1 aliphatic rings. The number of halogens is 3. The van der Waals surface area contributed by atoms with Gasteiger partial charge in [0.15, 0.2) is 0 Å². The predicted octanol–water partition coefficient (Wildman–Crippen LogP) is 2.14. The summed E-state index contributed by atoms with van der Waals surface area (Å²) in [6.45, 7) is 8.05. The van der Waals surface area contributed by atoms with Crippen molar-refractivity contribution in [1.29, 1.82) is 0 Å². The summed E-state index contributed by atoms with van der Waals surface area (Å²) in [4.78, 5) is 19.4. The molecule has 1 amide bonds. The lowest BCUT2D eigenvalue weighted by atomic mass is 10.2. The first kappa shape index (κ1) is 18.5. The van der Waals surface area contributed by atoms with Crippen LogP contribution in [0.1, 0.15) is 26.5 Å². The summed E-state index contributed by atoms with van der Waals surface area (Å²) in [5.41, 5.74) is -0.372. The molecule has 2 heterocycles. The Morgan fingerprint density at radius 3 is 2.38 bits per heavy atom. The standard InChI is InChI=1S/C16H23F3N4O/c1-11(2)21-15(24)12(3)22-6-8-23(9-7-22)13-4-5-20-14(10-13)16(17,18)19/h4-5,10-12H,6-9H2,1-3H3,(H,21,24). The second kappa shape index (κ2) is 7.38. The van der Waals surface area contributed by atoms with Crippen molar-refractivity contribution in [2.45, 2.75) is 39.0 Å². The molecule has 1 unspecified atom stereocenters. The fourth-order valence-corrected chi connectivity index (χ4v) is 2.71. The van der Waals surface area contributed by atoms with E-state index in [0.29, 0.717) is 31.9 Å². The number of carbonyl (C=O) groups is 1. The summed E-state index contributed by atoms with van der Waals surface area (Å²) in [5.74, 6) is -0.0262. The van der Waals surface area contributed by atoms with Gasteiger partial charge in [0.25, 0.3) is 0 Å². The van der Waals surface area contributed by atoms with E-state index in [9.17, 15) is 18.0 Å². The van der Waals surface area contributed by atoms with Crippen molar-refractivity contribution >= 4 is 11.6 Å². The zero-order chi connectivity index (χ0) is 17.9. The SMILES string of the molecule is CC(C)NC(=O)C(C)N1CCN(c2ccnc(C(F)(F)F)c2)CC1. The number of hydrogen-bond acceptors (Lipinski definition) is 4. The number of alkyl halides is 3. The van der Waals surface area contributed by atoms with Crippen LogP contribution >= 0.6 is 0 Å². The van der Waals surface area contributed by atoms with Gasteiger partial charge in [0.2, 0.25) is 5.91 Å². The molecule has 1 aromatic heterocycles. The Hall–Kier alpha value is -1.83. The molecule has 5 nitrogen and oxygen atoms in total. The quantitative estimate of drug-likeness (QED) is 0.909. The van der Waals surface area contributed by atoms with Gasteiger partial charge in [-0.3, -0.25) is 14.7 Å². The number of nitrogens with zero attached hydrogens (tertiary/aromatic N) is 3. The van der Waals surface area contributed by atoms with E-state index in [-0.39, 0.29) is 18.0 Å². The van der Waals surface area contributed by atoms with Crippen LogP contribution < -0.4 is 10.2 Å². The first-order valence-corrected chi connectivity index (χ1v) is 8.01. The maximum Gasteiger partial charge on any atom is 0.433 e. The lowest BCUT2D eigenvalue weighted by molar-refractivity contribution is -0.141. The summed E-state index contributed by atoms with van der Waals surface area (Å²) in [5, 5.41) is 2.88. The average molecular weight is 344 g/mol. The first-order valence-electron chi connectivity index (χ1n) is 8.01. The molecular weight excluding hydrogens is 321 g/mol. The van der Waals surface area contributed by atoms with E-state index in [1.54, 1.807) is 6.07 Å². The molecule has 1 atom stereocenters. The number of hydrogen-bond donors (Lipinski definition) is 1. The average Bonchev–Trinajstić information content (AvgIpc) is 2.53. The Morgan fingerprint density at radius 2 is 1.83 bits per heavy atom. The van der Waals surface area contributed by atoms with Crippen molar-refractivity contribution < 1.29 is 18.0 Å². The second-order valence-electron chi connectivity index (χ2n) is 6.26. The van der Waals surface area contributed by atoms with Gasteiger partial charge in [-0.1, -0.05) is 0 Å². The molecule has 1 N–H and O–H groups in total. The maximum atomic E-state index is 12.8. The molecule has 2 rings (SSSR count). The van der Waals surface area contributed by atoms with E-state index in [1.165, 1.54) is 6.20 Å². The Morgan fingerprint density at radius 1 is 1.21 bits per heavy atom. The number of piperazine rings is 1. The Balaban J connectivity index is 1.97. The molecule has 0 spiro atoms. The van der Waals surface area contributed by atoms with Gasteiger partial charge in [-0.15, -0.1) is 0 Å². The van der Waals surface area contributed by atoms with Crippen LogP contribution in [-0.2, 0) is 11.0 Å². The van der Waals surface area contributed by atoms with Gasteiger partial charge in [-0.05, 0) is 32.9 Å². The molecule has 0 bridgehead atoms. The van der Waals surface area contributed by atoms with Crippen LogP contribution in [0.4, 0.5) is 18.9 Å². The third-order valence-electron chi connectivity index (χ3n) is 4.07. The third-order valence-corrected chi connectivity index (χ3v) is 4.07. The molecule has 1 aliphatic heterocycles. The third kappa shape index (κ3) is 4.59. The van der Waals surface area contributed by atoms with Gasteiger partial charge in [-0.25, -0.2) is 0 Å². The number of carbonyl (C=O) groups excluding carboxylic acids is 1. The van der Waals surface area contributed by atoms with Crippen LogP contribution in [0.3, 0.4) is 0 Å². The summed E-state index contributed by atoms with van der Waals surface area (Å²) in [6.07, 6.45) is -3.26. The highest BCUT2D eigenvalue weighted by Crippen LogP contribution is 2.30. The topological polar surface area (TPSA) is 48.5 Å². The molecule has 24 heavy (non-hydrogen) atoms. The minimum Gasteiger partial charge on any atom is -0.369 e.